The number of nitro benzene ring substituents is 1. The second kappa shape index (κ2) is 13.6. The first-order chi connectivity index (χ1) is 20.3. The molecule has 9 nitrogen and oxygen atoms in total. The maximum Gasteiger partial charge on any atom is 0.271 e. The molecule has 2 N–H and O–H groups in total. The van der Waals surface area contributed by atoms with Crippen molar-refractivity contribution in [2.75, 3.05) is 5.32 Å². The molecule has 0 atom stereocenters. The average molecular weight is 710 g/mol. The van der Waals surface area contributed by atoms with Crippen molar-refractivity contribution >= 4 is 74.2 Å². The van der Waals surface area contributed by atoms with Crippen LogP contribution in [0.5, 0.6) is 5.75 Å². The summed E-state index contributed by atoms with van der Waals surface area (Å²) in [6.45, 7) is 0.198. The highest BCUT2D eigenvalue weighted by Crippen LogP contribution is 2.28. The fourth-order valence-electron chi connectivity index (χ4n) is 3.78. The number of hydrogen-bond donors (Lipinski definition) is 2. The van der Waals surface area contributed by atoms with Gasteiger partial charge in [-0.3, -0.25) is 14.9 Å². The number of carbonyl (C=O) groups is 1. The lowest BCUT2D eigenvalue weighted by molar-refractivity contribution is -0.384. The minimum atomic E-state index is -0.435. The highest BCUT2D eigenvalue weighted by Gasteiger charge is 2.10. The van der Waals surface area contributed by atoms with Crippen molar-refractivity contribution in [2.24, 2.45) is 5.10 Å². The van der Waals surface area contributed by atoms with Crippen LogP contribution in [0.3, 0.4) is 0 Å². The molecule has 0 radical (unpaired) electrons. The van der Waals surface area contributed by atoms with Crippen LogP contribution in [0.15, 0.2) is 101 Å². The lowest BCUT2D eigenvalue weighted by Crippen LogP contribution is -2.17. The first kappa shape index (κ1) is 29.2. The van der Waals surface area contributed by atoms with E-state index in [0.29, 0.717) is 21.9 Å². The topological polar surface area (TPSA) is 119 Å². The molecule has 210 valence electrons. The number of ether oxygens (including phenoxy) is 1. The zero-order valence-electron chi connectivity index (χ0n) is 21.7. The summed E-state index contributed by atoms with van der Waals surface area (Å²) in [5, 5.41) is 21.7. The molecule has 42 heavy (non-hydrogen) atoms. The van der Waals surface area contributed by atoms with Crippen molar-refractivity contribution in [2.45, 2.75) is 6.61 Å². The van der Waals surface area contributed by atoms with Crippen LogP contribution < -0.4 is 15.5 Å². The van der Waals surface area contributed by atoms with Crippen molar-refractivity contribution in [3.63, 3.8) is 0 Å². The molecule has 1 amide bonds. The van der Waals surface area contributed by atoms with Crippen LogP contribution in [0, 0.1) is 13.7 Å². The SMILES string of the molecule is O=C(N/N=C\c1ccc(OCc2cccc([N+](=O)[O-])c2)c(I)c1)c1ccc(-c2csc(Nc3ccc(Cl)cc3)n2)cc1. The Bertz CT molecular complexity index is 1760. The smallest absolute Gasteiger partial charge is 0.271 e. The summed E-state index contributed by atoms with van der Waals surface area (Å²) >= 11 is 9.57. The number of benzene rings is 4. The number of nitro groups is 1. The maximum absolute atomic E-state index is 12.6. The Labute approximate surface area is 263 Å². The van der Waals surface area contributed by atoms with Crippen molar-refractivity contribution < 1.29 is 14.5 Å². The van der Waals surface area contributed by atoms with Crippen LogP contribution in [0.25, 0.3) is 11.3 Å². The van der Waals surface area contributed by atoms with Gasteiger partial charge in [-0.2, -0.15) is 5.10 Å². The number of nitrogens with zero attached hydrogens (tertiary/aromatic N) is 3. The van der Waals surface area contributed by atoms with Gasteiger partial charge in [0.05, 0.1) is 20.4 Å². The van der Waals surface area contributed by atoms with E-state index in [1.54, 1.807) is 42.6 Å². The molecule has 1 aromatic heterocycles. The largest absolute Gasteiger partial charge is 0.488 e. The van der Waals surface area contributed by atoms with Gasteiger partial charge in [0.25, 0.3) is 11.6 Å². The Morgan fingerprint density at radius 2 is 1.86 bits per heavy atom. The van der Waals surface area contributed by atoms with Gasteiger partial charge in [-0.1, -0.05) is 35.9 Å². The van der Waals surface area contributed by atoms with E-state index in [2.05, 4.69) is 43.4 Å². The van der Waals surface area contributed by atoms with E-state index in [-0.39, 0.29) is 18.2 Å². The molecule has 0 saturated carbocycles. The molecule has 0 fully saturated rings. The highest BCUT2D eigenvalue weighted by atomic mass is 127. The summed E-state index contributed by atoms with van der Waals surface area (Å²) in [6, 6.07) is 26.3. The van der Waals surface area contributed by atoms with Crippen molar-refractivity contribution in [3.8, 4) is 17.0 Å². The zero-order valence-corrected chi connectivity index (χ0v) is 25.4. The molecule has 0 bridgehead atoms. The molecule has 0 saturated heterocycles. The molecule has 0 aliphatic rings. The fraction of sp³-hybridized carbons (Fsp3) is 0.0333. The fourth-order valence-corrected chi connectivity index (χ4v) is 5.34. The third-order valence-corrected chi connectivity index (χ3v) is 7.75. The second-order valence-corrected chi connectivity index (χ2v) is 11.3. The zero-order chi connectivity index (χ0) is 29.5. The Kier molecular flexibility index (Phi) is 9.41. The molecule has 4 aromatic carbocycles. The summed E-state index contributed by atoms with van der Waals surface area (Å²) in [7, 11) is 0. The summed E-state index contributed by atoms with van der Waals surface area (Å²) in [4.78, 5) is 27.8. The van der Waals surface area contributed by atoms with E-state index in [4.69, 9.17) is 16.3 Å². The van der Waals surface area contributed by atoms with Gasteiger partial charge in [0.1, 0.15) is 12.4 Å². The van der Waals surface area contributed by atoms with Crippen molar-refractivity contribution in [3.05, 3.63) is 132 Å². The predicted octanol–water partition coefficient (Wildman–Crippen LogP) is 8.06. The average Bonchev–Trinajstić information content (AvgIpc) is 3.46. The summed E-state index contributed by atoms with van der Waals surface area (Å²) in [5.41, 5.74) is 7.08. The normalized spacial score (nSPS) is 10.9. The number of amides is 1. The monoisotopic (exact) mass is 709 g/mol. The number of rotatable bonds is 10. The first-order valence-corrected chi connectivity index (χ1v) is 14.8. The quantitative estimate of drug-likeness (QED) is 0.0656. The Morgan fingerprint density at radius 1 is 1.07 bits per heavy atom. The summed E-state index contributed by atoms with van der Waals surface area (Å²) in [5.74, 6) is 0.296. The van der Waals surface area contributed by atoms with E-state index in [9.17, 15) is 14.9 Å². The molecule has 0 aliphatic heterocycles. The molecule has 5 aromatic rings. The van der Waals surface area contributed by atoms with E-state index in [0.717, 1.165) is 31.2 Å². The van der Waals surface area contributed by atoms with E-state index in [1.165, 1.54) is 23.5 Å². The number of aromatic nitrogens is 1. The second-order valence-electron chi connectivity index (χ2n) is 8.85. The summed E-state index contributed by atoms with van der Waals surface area (Å²) in [6.07, 6.45) is 1.54. The Balaban J connectivity index is 1.14. The molecular formula is C30H21ClIN5O4S. The minimum Gasteiger partial charge on any atom is -0.488 e. The molecule has 0 spiro atoms. The van der Waals surface area contributed by atoms with Crippen LogP contribution in [-0.4, -0.2) is 22.0 Å². The number of hydrogen-bond acceptors (Lipinski definition) is 8. The minimum absolute atomic E-state index is 0.0205. The van der Waals surface area contributed by atoms with Gasteiger partial charge in [-0.05, 0) is 88.3 Å². The predicted molar refractivity (Wildman–Crippen MR) is 174 cm³/mol. The number of halogens is 2. The number of non-ortho nitro benzene ring substituents is 1. The van der Waals surface area contributed by atoms with Crippen LogP contribution in [0.2, 0.25) is 5.02 Å². The van der Waals surface area contributed by atoms with E-state index >= 15 is 0 Å². The molecule has 0 aliphatic carbocycles. The van der Waals surface area contributed by atoms with Crippen LogP contribution in [-0.2, 0) is 6.61 Å². The first-order valence-electron chi connectivity index (χ1n) is 12.4. The number of anilines is 2. The van der Waals surface area contributed by atoms with Crippen molar-refractivity contribution in [1.82, 2.24) is 10.4 Å². The molecule has 1 heterocycles. The van der Waals surface area contributed by atoms with Gasteiger partial charge in [0.15, 0.2) is 5.13 Å². The molecular weight excluding hydrogens is 689 g/mol. The molecule has 12 heteroatoms. The number of hydrazone groups is 1. The van der Waals surface area contributed by atoms with Gasteiger partial charge < -0.3 is 10.1 Å². The summed E-state index contributed by atoms with van der Waals surface area (Å²) < 4.78 is 6.66. The number of thiazole rings is 1. The Morgan fingerprint density at radius 3 is 2.60 bits per heavy atom. The van der Waals surface area contributed by atoms with E-state index in [1.807, 2.05) is 47.8 Å². The van der Waals surface area contributed by atoms with Gasteiger partial charge in [0.2, 0.25) is 0 Å². The third-order valence-electron chi connectivity index (χ3n) is 5.89. The maximum atomic E-state index is 12.6. The number of carbonyl (C=O) groups excluding carboxylic acids is 1. The van der Waals surface area contributed by atoms with Gasteiger partial charge in [-0.15, -0.1) is 11.3 Å². The van der Waals surface area contributed by atoms with E-state index < -0.39 is 4.92 Å². The van der Waals surface area contributed by atoms with Gasteiger partial charge in [0, 0.05) is 39.3 Å². The van der Waals surface area contributed by atoms with Crippen LogP contribution in [0.1, 0.15) is 21.5 Å². The lowest BCUT2D eigenvalue weighted by atomic mass is 10.1. The van der Waals surface area contributed by atoms with Crippen LogP contribution >= 0.6 is 45.5 Å². The van der Waals surface area contributed by atoms with Gasteiger partial charge >= 0.3 is 0 Å². The third kappa shape index (κ3) is 7.69. The van der Waals surface area contributed by atoms with Gasteiger partial charge in [-0.25, -0.2) is 10.4 Å². The van der Waals surface area contributed by atoms with Crippen LogP contribution in [0.4, 0.5) is 16.5 Å². The van der Waals surface area contributed by atoms with Crippen molar-refractivity contribution in [1.29, 1.82) is 0 Å². The molecule has 5 rings (SSSR count). The molecule has 0 unspecified atom stereocenters. The lowest BCUT2D eigenvalue weighted by Gasteiger charge is -2.09. The standard InChI is InChI=1S/C30H21ClIN5O4S/c31-23-9-11-24(12-10-23)34-30-35-27(18-42-30)21-5-7-22(8-6-21)29(38)36-33-16-19-4-13-28(26(32)15-19)41-17-20-2-1-3-25(14-20)37(39)40/h1-16,18H,17H2,(H,34,35)(H,36,38)/b33-16-. The Hall–Kier alpha value is -4.33. The number of nitrogens with one attached hydrogen (secondary N) is 2. The highest BCUT2D eigenvalue weighted by molar-refractivity contribution is 14.1.